The lowest BCUT2D eigenvalue weighted by Gasteiger charge is -2.27. The van der Waals surface area contributed by atoms with Gasteiger partial charge in [-0.2, -0.15) is 4.31 Å². The average Bonchev–Trinajstić information content (AvgIpc) is 2.98. The molecule has 0 saturated carbocycles. The van der Waals surface area contributed by atoms with Gasteiger partial charge in [0.1, 0.15) is 16.8 Å². The molecule has 1 aliphatic rings. The van der Waals surface area contributed by atoms with E-state index >= 15 is 0 Å². The molecule has 3 heterocycles. The molecule has 12 heteroatoms. The molecular weight excluding hydrogens is 544 g/mol. The molecule has 4 N–H and O–H groups in total. The highest BCUT2D eigenvalue weighted by Gasteiger charge is 2.29. The molecule has 0 unspecified atom stereocenters. The average molecular weight is 575 g/mol. The van der Waals surface area contributed by atoms with Crippen molar-refractivity contribution >= 4 is 50.0 Å². The van der Waals surface area contributed by atoms with Crippen LogP contribution in [0.2, 0.25) is 0 Å². The summed E-state index contributed by atoms with van der Waals surface area (Å²) in [5.41, 5.74) is 1.53. The number of fused-ring (bicyclic) bond motifs is 1. The number of aromatic nitrogens is 2. The highest BCUT2D eigenvalue weighted by Crippen LogP contribution is 2.27. The van der Waals surface area contributed by atoms with E-state index in [2.05, 4.69) is 25.9 Å². The van der Waals surface area contributed by atoms with Gasteiger partial charge in [-0.3, -0.25) is 4.98 Å². The van der Waals surface area contributed by atoms with Crippen molar-refractivity contribution in [3.05, 3.63) is 84.8 Å². The number of urea groups is 1. The van der Waals surface area contributed by atoms with Gasteiger partial charge < -0.3 is 21.1 Å². The lowest BCUT2D eigenvalue weighted by atomic mass is 10.1. The summed E-state index contributed by atoms with van der Waals surface area (Å²) < 4.78 is 27.9. The van der Waals surface area contributed by atoms with Crippen LogP contribution in [0.25, 0.3) is 10.8 Å². The molecule has 0 bridgehead atoms. The number of piperidine rings is 1. The summed E-state index contributed by atoms with van der Waals surface area (Å²) >= 11 is 0. The van der Waals surface area contributed by atoms with Crippen molar-refractivity contribution in [2.24, 2.45) is 0 Å². The van der Waals surface area contributed by atoms with E-state index in [1.807, 2.05) is 12.1 Å². The van der Waals surface area contributed by atoms with Crippen LogP contribution in [0.4, 0.5) is 22.0 Å². The highest BCUT2D eigenvalue weighted by molar-refractivity contribution is 7.89. The van der Waals surface area contributed by atoms with E-state index in [4.69, 9.17) is 0 Å². The van der Waals surface area contributed by atoms with Gasteiger partial charge in [0.25, 0.3) is 0 Å². The number of carbonyl (C=O) groups is 2. The van der Waals surface area contributed by atoms with Crippen LogP contribution in [-0.2, 0) is 21.2 Å². The summed E-state index contributed by atoms with van der Waals surface area (Å²) in [4.78, 5) is 33.3. The Labute approximate surface area is 237 Å². The monoisotopic (exact) mass is 574 g/mol. The minimum Gasteiger partial charge on any atom is -0.480 e. The standard InChI is InChI=1S/C29H30N6O5S/c36-28(37)25(18-20-8-10-22(11-9-20)32-27-23-19-30-14-12-21(23)13-15-31-27)34-29(38)33-24-6-2-3-7-26(24)41(39,40)35-16-4-1-5-17-35/h2-3,6-15,19,25H,1,4-5,16-18H2,(H,31,32)(H,36,37)(H2,33,34,38)/t25-/m0/s1. The molecule has 212 valence electrons. The first kappa shape index (κ1) is 28.0. The molecule has 2 amide bonds. The summed E-state index contributed by atoms with van der Waals surface area (Å²) in [6.45, 7) is 0.849. The van der Waals surface area contributed by atoms with Gasteiger partial charge in [-0.1, -0.05) is 30.7 Å². The summed E-state index contributed by atoms with van der Waals surface area (Å²) in [7, 11) is -3.81. The Morgan fingerprint density at radius 3 is 2.44 bits per heavy atom. The zero-order valence-electron chi connectivity index (χ0n) is 22.2. The van der Waals surface area contributed by atoms with E-state index < -0.39 is 28.1 Å². The first-order valence-electron chi connectivity index (χ1n) is 13.3. The number of para-hydroxylation sites is 1. The Bertz CT molecular complexity index is 1650. The number of amides is 2. The van der Waals surface area contributed by atoms with Gasteiger partial charge >= 0.3 is 12.0 Å². The van der Waals surface area contributed by atoms with Gasteiger partial charge in [0.05, 0.1) is 5.69 Å². The van der Waals surface area contributed by atoms with Gasteiger partial charge in [0, 0.05) is 49.2 Å². The van der Waals surface area contributed by atoms with E-state index in [1.54, 1.807) is 55.0 Å². The Balaban J connectivity index is 1.24. The maximum atomic E-state index is 13.2. The molecule has 4 aromatic rings. The minimum atomic E-state index is -3.81. The van der Waals surface area contributed by atoms with Crippen LogP contribution >= 0.6 is 0 Å². The number of carbonyl (C=O) groups excluding carboxylic acids is 1. The van der Waals surface area contributed by atoms with Crippen molar-refractivity contribution in [1.29, 1.82) is 0 Å². The number of carboxylic acid groups (broad SMARTS) is 1. The number of anilines is 3. The van der Waals surface area contributed by atoms with Crippen molar-refractivity contribution < 1.29 is 23.1 Å². The third-order valence-corrected chi connectivity index (χ3v) is 8.85. The molecule has 1 fully saturated rings. The molecule has 0 radical (unpaired) electrons. The van der Waals surface area contributed by atoms with Crippen LogP contribution in [0.5, 0.6) is 0 Å². The lowest BCUT2D eigenvalue weighted by Crippen LogP contribution is -2.44. The van der Waals surface area contributed by atoms with Crippen LogP contribution in [0.15, 0.2) is 84.1 Å². The molecular formula is C29H30N6O5S. The third-order valence-electron chi connectivity index (χ3n) is 6.90. The summed E-state index contributed by atoms with van der Waals surface area (Å²) in [6.07, 6.45) is 7.71. The van der Waals surface area contributed by atoms with Crippen molar-refractivity contribution in [2.45, 2.75) is 36.6 Å². The number of sulfonamides is 1. The number of hydrogen-bond acceptors (Lipinski definition) is 7. The maximum Gasteiger partial charge on any atom is 0.326 e. The number of hydrogen-bond donors (Lipinski definition) is 4. The molecule has 2 aromatic carbocycles. The van der Waals surface area contributed by atoms with Gasteiger partial charge in [-0.15, -0.1) is 0 Å². The molecule has 0 aliphatic carbocycles. The highest BCUT2D eigenvalue weighted by atomic mass is 32.2. The van der Waals surface area contributed by atoms with Crippen molar-refractivity contribution in [3.8, 4) is 0 Å². The van der Waals surface area contributed by atoms with Crippen molar-refractivity contribution in [3.63, 3.8) is 0 Å². The minimum absolute atomic E-state index is 0.0210. The first-order chi connectivity index (χ1) is 19.8. The molecule has 2 aromatic heterocycles. The molecule has 5 rings (SSSR count). The van der Waals surface area contributed by atoms with Crippen LogP contribution in [0.1, 0.15) is 24.8 Å². The molecule has 1 atom stereocenters. The number of nitrogens with one attached hydrogen (secondary N) is 3. The van der Waals surface area contributed by atoms with E-state index in [0.717, 1.165) is 35.7 Å². The molecule has 11 nitrogen and oxygen atoms in total. The van der Waals surface area contributed by atoms with Gasteiger partial charge in [0.2, 0.25) is 10.0 Å². The fraction of sp³-hybridized carbons (Fsp3) is 0.241. The van der Waals surface area contributed by atoms with E-state index in [1.165, 1.54) is 16.4 Å². The fourth-order valence-electron chi connectivity index (χ4n) is 4.76. The van der Waals surface area contributed by atoms with Crippen LogP contribution in [0, 0.1) is 0 Å². The van der Waals surface area contributed by atoms with E-state index in [0.29, 0.717) is 24.5 Å². The molecule has 41 heavy (non-hydrogen) atoms. The number of carboxylic acids is 1. The second-order valence-electron chi connectivity index (χ2n) is 9.73. The van der Waals surface area contributed by atoms with Gasteiger partial charge in [0.15, 0.2) is 0 Å². The predicted molar refractivity (Wildman–Crippen MR) is 156 cm³/mol. The van der Waals surface area contributed by atoms with E-state index in [-0.39, 0.29) is 17.0 Å². The number of aliphatic carboxylic acids is 1. The first-order valence-corrected chi connectivity index (χ1v) is 14.7. The third kappa shape index (κ3) is 6.61. The number of rotatable bonds is 9. The Morgan fingerprint density at radius 2 is 1.68 bits per heavy atom. The predicted octanol–water partition coefficient (Wildman–Crippen LogP) is 4.37. The van der Waals surface area contributed by atoms with E-state index in [9.17, 15) is 23.1 Å². The second-order valence-corrected chi connectivity index (χ2v) is 11.6. The second kappa shape index (κ2) is 12.3. The topological polar surface area (TPSA) is 154 Å². The van der Waals surface area contributed by atoms with Crippen molar-refractivity contribution in [2.75, 3.05) is 23.7 Å². The fourth-order valence-corrected chi connectivity index (χ4v) is 6.43. The summed E-state index contributed by atoms with van der Waals surface area (Å²) in [5, 5.41) is 19.9. The van der Waals surface area contributed by atoms with Crippen LogP contribution in [0.3, 0.4) is 0 Å². The Morgan fingerprint density at radius 1 is 0.951 bits per heavy atom. The van der Waals surface area contributed by atoms with Crippen LogP contribution in [-0.4, -0.2) is 58.9 Å². The Kier molecular flexibility index (Phi) is 8.41. The van der Waals surface area contributed by atoms with Gasteiger partial charge in [-0.05, 0) is 60.2 Å². The zero-order valence-corrected chi connectivity index (χ0v) is 23.0. The van der Waals surface area contributed by atoms with Gasteiger partial charge in [-0.25, -0.2) is 23.0 Å². The lowest BCUT2D eigenvalue weighted by molar-refractivity contribution is -0.139. The largest absolute Gasteiger partial charge is 0.480 e. The quantitative estimate of drug-likeness (QED) is 0.230. The molecule has 1 aliphatic heterocycles. The Hall–Kier alpha value is -4.55. The van der Waals surface area contributed by atoms with Crippen LogP contribution < -0.4 is 16.0 Å². The smallest absolute Gasteiger partial charge is 0.326 e. The molecule has 0 spiro atoms. The summed E-state index contributed by atoms with van der Waals surface area (Å²) in [5.74, 6) is -0.572. The number of pyridine rings is 2. The maximum absolute atomic E-state index is 13.2. The normalized spacial score (nSPS) is 14.7. The number of benzene rings is 2. The zero-order chi connectivity index (χ0) is 28.8. The summed E-state index contributed by atoms with van der Waals surface area (Å²) in [6, 6.07) is 15.0. The number of nitrogens with zero attached hydrogens (tertiary/aromatic N) is 3. The van der Waals surface area contributed by atoms with Crippen molar-refractivity contribution in [1.82, 2.24) is 19.6 Å². The molecule has 1 saturated heterocycles. The SMILES string of the molecule is O=C(Nc1ccccc1S(=O)(=O)N1CCCCC1)N[C@@H](Cc1ccc(Nc2nccc3ccncc23)cc1)C(=O)O.